The van der Waals surface area contributed by atoms with E-state index in [4.69, 9.17) is 9.15 Å². The molecule has 3 heterocycles. The van der Waals surface area contributed by atoms with E-state index in [0.717, 1.165) is 36.3 Å². The van der Waals surface area contributed by atoms with Crippen molar-refractivity contribution < 1.29 is 19.1 Å². The SMILES string of the molecule is Cc1nc(CN2CC[C@@H](Oc3ccc4c(c3)NC(=O)CC4)[C@H](O)C2)co1. The monoisotopic (exact) mass is 357 g/mol. The molecule has 2 atom stereocenters. The van der Waals surface area contributed by atoms with Gasteiger partial charge in [0.2, 0.25) is 5.91 Å². The predicted octanol–water partition coefficient (Wildman–Crippen LogP) is 1.88. The third-order valence-electron chi connectivity index (χ3n) is 4.92. The number of hydrogen-bond donors (Lipinski definition) is 2. The average molecular weight is 357 g/mol. The minimum atomic E-state index is -0.581. The fourth-order valence-corrected chi connectivity index (χ4v) is 3.57. The first-order valence-corrected chi connectivity index (χ1v) is 8.98. The first-order chi connectivity index (χ1) is 12.6. The lowest BCUT2D eigenvalue weighted by Gasteiger charge is -2.35. The number of hydrogen-bond acceptors (Lipinski definition) is 6. The highest BCUT2D eigenvalue weighted by molar-refractivity contribution is 5.94. The normalized spacial score (nSPS) is 23.4. The van der Waals surface area contributed by atoms with Gasteiger partial charge in [-0.3, -0.25) is 9.69 Å². The van der Waals surface area contributed by atoms with Crippen molar-refractivity contribution >= 4 is 11.6 Å². The molecule has 1 aromatic heterocycles. The second-order valence-electron chi connectivity index (χ2n) is 6.97. The van der Waals surface area contributed by atoms with Gasteiger partial charge in [0.15, 0.2) is 5.89 Å². The molecule has 0 unspecified atom stereocenters. The Morgan fingerprint density at radius 1 is 1.42 bits per heavy atom. The van der Waals surface area contributed by atoms with Crippen LogP contribution in [0, 0.1) is 6.92 Å². The number of anilines is 1. The average Bonchev–Trinajstić information content (AvgIpc) is 3.02. The Bertz CT molecular complexity index is 804. The van der Waals surface area contributed by atoms with E-state index in [1.165, 1.54) is 0 Å². The van der Waals surface area contributed by atoms with E-state index in [-0.39, 0.29) is 12.0 Å². The number of nitrogens with one attached hydrogen (secondary N) is 1. The van der Waals surface area contributed by atoms with Crippen molar-refractivity contribution in [2.75, 3.05) is 18.4 Å². The number of aliphatic hydroxyl groups is 1. The number of aryl methyl sites for hydroxylation is 2. The molecule has 1 amide bonds. The lowest BCUT2D eigenvalue weighted by atomic mass is 10.0. The third kappa shape index (κ3) is 3.73. The van der Waals surface area contributed by atoms with Crippen LogP contribution < -0.4 is 10.1 Å². The molecule has 4 rings (SSSR count). The van der Waals surface area contributed by atoms with Gasteiger partial charge >= 0.3 is 0 Å². The number of piperidine rings is 1. The van der Waals surface area contributed by atoms with Crippen LogP contribution in [0.2, 0.25) is 0 Å². The quantitative estimate of drug-likeness (QED) is 0.869. The maximum absolute atomic E-state index is 11.6. The topological polar surface area (TPSA) is 87.8 Å². The van der Waals surface area contributed by atoms with Crippen molar-refractivity contribution in [2.45, 2.75) is 44.9 Å². The van der Waals surface area contributed by atoms with Gasteiger partial charge in [-0.1, -0.05) is 6.07 Å². The molecule has 0 aliphatic carbocycles. The molecule has 26 heavy (non-hydrogen) atoms. The maximum atomic E-state index is 11.6. The molecule has 7 heteroatoms. The highest BCUT2D eigenvalue weighted by Gasteiger charge is 2.30. The number of aliphatic hydroxyl groups excluding tert-OH is 1. The Morgan fingerprint density at radius 2 is 2.31 bits per heavy atom. The number of ether oxygens (including phenoxy) is 1. The second-order valence-corrected chi connectivity index (χ2v) is 6.97. The summed E-state index contributed by atoms with van der Waals surface area (Å²) in [7, 11) is 0. The fourth-order valence-electron chi connectivity index (χ4n) is 3.57. The summed E-state index contributed by atoms with van der Waals surface area (Å²) in [6, 6.07) is 5.75. The van der Waals surface area contributed by atoms with Crippen molar-refractivity contribution in [3.8, 4) is 5.75 Å². The van der Waals surface area contributed by atoms with Crippen LogP contribution in [-0.2, 0) is 17.8 Å². The van der Waals surface area contributed by atoms with Crippen LogP contribution in [0.5, 0.6) is 5.75 Å². The first kappa shape index (κ1) is 17.1. The molecule has 0 spiro atoms. The second kappa shape index (κ2) is 7.09. The van der Waals surface area contributed by atoms with Crippen molar-refractivity contribution in [1.82, 2.24) is 9.88 Å². The zero-order valence-corrected chi connectivity index (χ0v) is 14.8. The molecule has 2 aliphatic rings. The molecular weight excluding hydrogens is 334 g/mol. The van der Waals surface area contributed by atoms with Crippen molar-refractivity contribution in [1.29, 1.82) is 0 Å². The van der Waals surface area contributed by atoms with Crippen LogP contribution in [-0.4, -0.2) is 46.2 Å². The van der Waals surface area contributed by atoms with Crippen LogP contribution in [0.3, 0.4) is 0 Å². The molecule has 7 nitrogen and oxygen atoms in total. The summed E-state index contributed by atoms with van der Waals surface area (Å²) in [6.07, 6.45) is 2.82. The molecule has 2 aromatic rings. The lowest BCUT2D eigenvalue weighted by molar-refractivity contribution is -0.116. The number of rotatable bonds is 4. The summed E-state index contributed by atoms with van der Waals surface area (Å²) in [5.41, 5.74) is 2.81. The van der Waals surface area contributed by atoms with E-state index in [2.05, 4.69) is 15.2 Å². The summed E-state index contributed by atoms with van der Waals surface area (Å²) >= 11 is 0. The van der Waals surface area contributed by atoms with E-state index >= 15 is 0 Å². The Morgan fingerprint density at radius 3 is 3.08 bits per heavy atom. The Kier molecular flexibility index (Phi) is 4.65. The Balaban J connectivity index is 1.36. The molecule has 2 N–H and O–H groups in total. The molecule has 0 bridgehead atoms. The number of aromatic nitrogens is 1. The molecule has 1 fully saturated rings. The van der Waals surface area contributed by atoms with Gasteiger partial charge in [0.1, 0.15) is 24.2 Å². The number of carbonyl (C=O) groups excluding carboxylic acids is 1. The van der Waals surface area contributed by atoms with E-state index < -0.39 is 6.10 Å². The molecular formula is C19H23N3O4. The summed E-state index contributed by atoms with van der Waals surface area (Å²) < 4.78 is 11.2. The highest BCUT2D eigenvalue weighted by atomic mass is 16.5. The van der Waals surface area contributed by atoms with Crippen LogP contribution in [0.25, 0.3) is 0 Å². The number of oxazole rings is 1. The van der Waals surface area contributed by atoms with Gasteiger partial charge in [0.05, 0.1) is 5.69 Å². The summed E-state index contributed by atoms with van der Waals surface area (Å²) in [4.78, 5) is 18.0. The van der Waals surface area contributed by atoms with E-state index in [1.54, 1.807) is 6.26 Å². The number of likely N-dealkylation sites (tertiary alicyclic amines) is 1. The van der Waals surface area contributed by atoms with E-state index in [0.29, 0.717) is 31.2 Å². The Hall–Kier alpha value is -2.38. The first-order valence-electron chi connectivity index (χ1n) is 8.98. The maximum Gasteiger partial charge on any atom is 0.224 e. The molecule has 1 saturated heterocycles. The van der Waals surface area contributed by atoms with Crippen molar-refractivity contribution in [3.05, 3.63) is 41.6 Å². The number of amides is 1. The fraction of sp³-hybridized carbons (Fsp3) is 0.474. The minimum Gasteiger partial charge on any atom is -0.488 e. The lowest BCUT2D eigenvalue weighted by Crippen LogP contribution is -2.48. The van der Waals surface area contributed by atoms with Crippen LogP contribution in [0.4, 0.5) is 5.69 Å². The number of carbonyl (C=O) groups is 1. The van der Waals surface area contributed by atoms with Crippen LogP contribution >= 0.6 is 0 Å². The molecule has 0 saturated carbocycles. The zero-order valence-electron chi connectivity index (χ0n) is 14.8. The van der Waals surface area contributed by atoms with Crippen molar-refractivity contribution in [2.24, 2.45) is 0 Å². The van der Waals surface area contributed by atoms with Crippen LogP contribution in [0.15, 0.2) is 28.9 Å². The number of fused-ring (bicyclic) bond motifs is 1. The third-order valence-corrected chi connectivity index (χ3v) is 4.92. The van der Waals surface area contributed by atoms with Gasteiger partial charge < -0.3 is 19.6 Å². The predicted molar refractivity (Wildman–Crippen MR) is 94.9 cm³/mol. The number of nitrogens with zero attached hydrogens (tertiary/aromatic N) is 2. The summed E-state index contributed by atoms with van der Waals surface area (Å²) in [5.74, 6) is 1.36. The zero-order chi connectivity index (χ0) is 18.1. The summed E-state index contributed by atoms with van der Waals surface area (Å²) in [5, 5.41) is 13.4. The van der Waals surface area contributed by atoms with Gasteiger partial charge in [0, 0.05) is 44.7 Å². The largest absolute Gasteiger partial charge is 0.488 e. The minimum absolute atomic E-state index is 0.0334. The van der Waals surface area contributed by atoms with E-state index in [1.807, 2.05) is 25.1 Å². The van der Waals surface area contributed by atoms with Gasteiger partial charge in [-0.15, -0.1) is 0 Å². The van der Waals surface area contributed by atoms with E-state index in [9.17, 15) is 9.90 Å². The van der Waals surface area contributed by atoms with Gasteiger partial charge in [0.25, 0.3) is 0 Å². The van der Waals surface area contributed by atoms with Gasteiger partial charge in [-0.25, -0.2) is 4.98 Å². The molecule has 0 radical (unpaired) electrons. The summed E-state index contributed by atoms with van der Waals surface area (Å²) in [6.45, 7) is 3.82. The standard InChI is InChI=1S/C19H23N3O4/c1-12-20-14(11-25-12)9-22-7-6-18(17(23)10-22)26-15-4-2-13-3-5-19(24)21-16(13)8-15/h2,4,8,11,17-18,23H,3,5-7,9-10H2,1H3,(H,21,24)/t17-,18-/m1/s1. The molecule has 2 aliphatic heterocycles. The van der Waals surface area contributed by atoms with Crippen LogP contribution in [0.1, 0.15) is 30.0 Å². The van der Waals surface area contributed by atoms with Gasteiger partial charge in [-0.05, 0) is 24.5 Å². The highest BCUT2D eigenvalue weighted by Crippen LogP contribution is 2.29. The number of β-amino-alcohol motifs (C(OH)–C–C–N with tert-alkyl or cyclic N) is 1. The van der Waals surface area contributed by atoms with Gasteiger partial charge in [-0.2, -0.15) is 0 Å². The molecule has 1 aromatic carbocycles. The van der Waals surface area contributed by atoms with Crippen molar-refractivity contribution in [3.63, 3.8) is 0 Å². The Labute approximate surface area is 152 Å². The smallest absolute Gasteiger partial charge is 0.224 e. The molecule has 138 valence electrons. The number of benzene rings is 1.